The van der Waals surface area contributed by atoms with Crippen LogP contribution in [0.4, 0.5) is 4.79 Å². The van der Waals surface area contributed by atoms with Crippen LogP contribution in [-0.4, -0.2) is 54.3 Å². The molecule has 3 N–H and O–H groups in total. The smallest absolute Gasteiger partial charge is 0.407 e. The van der Waals surface area contributed by atoms with Crippen LogP contribution in [0.1, 0.15) is 32.4 Å². The van der Waals surface area contributed by atoms with Crippen LogP contribution in [0.25, 0.3) is 22.8 Å². The number of carbonyl (C=O) groups is 1. The molecule has 11 heteroatoms. The van der Waals surface area contributed by atoms with Crippen LogP contribution in [-0.2, 0) is 17.8 Å². The Morgan fingerprint density at radius 2 is 1.29 bits per heavy atom. The second kappa shape index (κ2) is 14.3. The summed E-state index contributed by atoms with van der Waals surface area (Å²) in [4.78, 5) is 20.4. The molecule has 0 fully saturated rings. The Morgan fingerprint density at radius 1 is 0.842 bits per heavy atom. The average molecular weight is 541 g/mol. The largest absolute Gasteiger partial charge is 0.444 e. The number of carbonyl (C=O) groups excluding carboxylic acids is 1. The van der Waals surface area contributed by atoms with Gasteiger partial charge in [0.15, 0.2) is 11.6 Å². The van der Waals surface area contributed by atoms with Gasteiger partial charge in [-0.3, -0.25) is 0 Å². The number of halogens is 1. The van der Waals surface area contributed by atoms with Crippen molar-refractivity contribution in [3.05, 3.63) is 72.3 Å². The molecule has 0 spiro atoms. The maximum atomic E-state index is 11.6. The molecule has 0 bridgehead atoms. The Morgan fingerprint density at radius 3 is 1.71 bits per heavy atom. The number of hydrogen-bond donors (Lipinski definition) is 2. The Labute approximate surface area is 230 Å². The zero-order chi connectivity index (χ0) is 26.8. The molecule has 4 rings (SSSR count). The number of amides is 1. The first-order valence-electron chi connectivity index (χ1n) is 12.3. The minimum Gasteiger partial charge on any atom is -0.444 e. The summed E-state index contributed by atoms with van der Waals surface area (Å²) in [6, 6.07) is 19.7. The summed E-state index contributed by atoms with van der Waals surface area (Å²) < 4.78 is 8.80. The number of benzene rings is 2. The summed E-state index contributed by atoms with van der Waals surface area (Å²) in [5.41, 5.74) is 7.01. The van der Waals surface area contributed by atoms with E-state index in [-0.39, 0.29) is 12.4 Å². The number of nitrogens with one attached hydrogen (secondary N) is 1. The van der Waals surface area contributed by atoms with E-state index in [4.69, 9.17) is 10.5 Å². The lowest BCUT2D eigenvalue weighted by atomic mass is 10.2. The van der Waals surface area contributed by atoms with Gasteiger partial charge in [0.05, 0.1) is 13.1 Å². The molecule has 2 aromatic heterocycles. The lowest BCUT2D eigenvalue weighted by Crippen LogP contribution is -2.34. The van der Waals surface area contributed by atoms with E-state index >= 15 is 0 Å². The van der Waals surface area contributed by atoms with Crippen LogP contribution in [0.15, 0.2) is 60.7 Å². The van der Waals surface area contributed by atoms with E-state index in [1.807, 2.05) is 100.0 Å². The van der Waals surface area contributed by atoms with Crippen LogP contribution < -0.4 is 11.1 Å². The summed E-state index contributed by atoms with van der Waals surface area (Å²) in [5, 5.41) is 11.6. The predicted octanol–water partition coefficient (Wildman–Crippen LogP) is 4.41. The van der Waals surface area contributed by atoms with Gasteiger partial charge in [0.25, 0.3) is 0 Å². The molecule has 0 saturated heterocycles. The van der Waals surface area contributed by atoms with Gasteiger partial charge in [-0.1, -0.05) is 60.7 Å². The fraction of sp³-hybridized carbons (Fsp3) is 0.370. The molecule has 38 heavy (non-hydrogen) atoms. The molecule has 2 heterocycles. The van der Waals surface area contributed by atoms with Gasteiger partial charge in [0.1, 0.15) is 17.2 Å². The summed E-state index contributed by atoms with van der Waals surface area (Å²) in [7, 11) is 0. The molecule has 2 aromatic carbocycles. The molecule has 4 aromatic rings. The minimum atomic E-state index is -0.492. The topological polar surface area (TPSA) is 126 Å². The van der Waals surface area contributed by atoms with Gasteiger partial charge >= 0.3 is 6.09 Å². The first-order valence-corrected chi connectivity index (χ1v) is 12.3. The molecule has 0 atom stereocenters. The maximum Gasteiger partial charge on any atom is 0.407 e. The number of hydrogen-bond acceptors (Lipinski definition) is 7. The normalized spacial score (nSPS) is 10.7. The third-order valence-electron chi connectivity index (χ3n) is 5.11. The fourth-order valence-electron chi connectivity index (χ4n) is 3.38. The Hall–Kier alpha value is -3.76. The second-order valence-corrected chi connectivity index (χ2v) is 9.36. The number of ether oxygens (including phenoxy) is 1. The number of nitrogens with two attached hydrogens (primary N) is 1. The highest BCUT2D eigenvalue weighted by molar-refractivity contribution is 5.85. The van der Waals surface area contributed by atoms with Crippen LogP contribution in [0, 0.1) is 13.8 Å². The molecule has 0 radical (unpaired) electrons. The van der Waals surface area contributed by atoms with E-state index in [1.165, 1.54) is 0 Å². The van der Waals surface area contributed by atoms with Crippen molar-refractivity contribution in [2.75, 3.05) is 13.1 Å². The Kier molecular flexibility index (Phi) is 11.4. The van der Waals surface area contributed by atoms with Crippen LogP contribution >= 0.6 is 12.4 Å². The fourth-order valence-corrected chi connectivity index (χ4v) is 3.38. The molecule has 0 aliphatic heterocycles. The lowest BCUT2D eigenvalue weighted by Gasteiger charge is -2.19. The van der Waals surface area contributed by atoms with Crippen molar-refractivity contribution in [1.82, 2.24) is 34.8 Å². The SMILES string of the molecule is Cc1nc(-c2ccccc2)nn1CCN.Cc1nc(-c2ccccc2)nn1CCNC(=O)OC(C)(C)C.Cl. The molecular formula is C27H37ClN8O2. The summed E-state index contributed by atoms with van der Waals surface area (Å²) >= 11 is 0. The van der Waals surface area contributed by atoms with Crippen molar-refractivity contribution < 1.29 is 9.53 Å². The zero-order valence-corrected chi connectivity index (χ0v) is 23.4. The highest BCUT2D eigenvalue weighted by atomic mass is 35.5. The highest BCUT2D eigenvalue weighted by Gasteiger charge is 2.16. The van der Waals surface area contributed by atoms with Gasteiger partial charge < -0.3 is 15.8 Å². The number of aryl methyl sites for hydroxylation is 2. The molecule has 204 valence electrons. The predicted molar refractivity (Wildman–Crippen MR) is 151 cm³/mol. The number of rotatable bonds is 7. The average Bonchev–Trinajstić information content (AvgIpc) is 3.42. The van der Waals surface area contributed by atoms with E-state index in [0.29, 0.717) is 32.0 Å². The summed E-state index contributed by atoms with van der Waals surface area (Å²) in [6.45, 7) is 11.6. The van der Waals surface area contributed by atoms with E-state index in [0.717, 1.165) is 28.6 Å². The first-order chi connectivity index (χ1) is 17.7. The number of alkyl carbamates (subject to hydrolysis) is 1. The van der Waals surface area contributed by atoms with Gasteiger partial charge in [-0.15, -0.1) is 12.4 Å². The van der Waals surface area contributed by atoms with Crippen LogP contribution in [0.3, 0.4) is 0 Å². The van der Waals surface area contributed by atoms with Gasteiger partial charge in [-0.2, -0.15) is 10.2 Å². The van der Waals surface area contributed by atoms with Gasteiger partial charge in [0.2, 0.25) is 0 Å². The maximum absolute atomic E-state index is 11.6. The molecule has 0 unspecified atom stereocenters. The molecular weight excluding hydrogens is 504 g/mol. The third-order valence-corrected chi connectivity index (χ3v) is 5.11. The van der Waals surface area contributed by atoms with E-state index in [2.05, 4.69) is 25.5 Å². The van der Waals surface area contributed by atoms with Crippen LogP contribution in [0.5, 0.6) is 0 Å². The second-order valence-electron chi connectivity index (χ2n) is 9.36. The summed E-state index contributed by atoms with van der Waals surface area (Å²) in [5.74, 6) is 3.17. The molecule has 10 nitrogen and oxygen atoms in total. The van der Waals surface area contributed by atoms with Crippen molar-refractivity contribution in [2.45, 2.75) is 53.3 Å². The monoisotopic (exact) mass is 540 g/mol. The van der Waals surface area contributed by atoms with Crippen molar-refractivity contribution in [2.24, 2.45) is 5.73 Å². The van der Waals surface area contributed by atoms with Crippen molar-refractivity contribution >= 4 is 18.5 Å². The lowest BCUT2D eigenvalue weighted by molar-refractivity contribution is 0.0525. The van der Waals surface area contributed by atoms with E-state index in [9.17, 15) is 4.79 Å². The third kappa shape index (κ3) is 9.28. The highest BCUT2D eigenvalue weighted by Crippen LogP contribution is 2.15. The number of aromatic nitrogens is 6. The van der Waals surface area contributed by atoms with Crippen molar-refractivity contribution in [3.8, 4) is 22.8 Å². The molecule has 0 saturated carbocycles. The number of nitrogens with zero attached hydrogens (tertiary/aromatic N) is 6. The quantitative estimate of drug-likeness (QED) is 0.355. The first kappa shape index (κ1) is 30.5. The Bertz CT molecular complexity index is 1270. The van der Waals surface area contributed by atoms with E-state index < -0.39 is 11.7 Å². The Balaban J connectivity index is 0.000000277. The van der Waals surface area contributed by atoms with Crippen LogP contribution in [0.2, 0.25) is 0 Å². The molecule has 1 amide bonds. The van der Waals surface area contributed by atoms with Gasteiger partial charge in [0, 0.05) is 24.2 Å². The van der Waals surface area contributed by atoms with Crippen molar-refractivity contribution in [1.29, 1.82) is 0 Å². The minimum absolute atomic E-state index is 0. The van der Waals surface area contributed by atoms with Gasteiger partial charge in [-0.05, 0) is 34.6 Å². The zero-order valence-electron chi connectivity index (χ0n) is 22.6. The van der Waals surface area contributed by atoms with Gasteiger partial charge in [-0.25, -0.2) is 24.1 Å². The van der Waals surface area contributed by atoms with Crippen molar-refractivity contribution in [3.63, 3.8) is 0 Å². The summed E-state index contributed by atoms with van der Waals surface area (Å²) in [6.07, 6.45) is -0.423. The van der Waals surface area contributed by atoms with E-state index in [1.54, 1.807) is 4.68 Å². The molecule has 0 aliphatic rings. The molecule has 0 aliphatic carbocycles. The standard InChI is InChI=1S/C16H22N4O2.C11H14N4.ClH/c1-12-18-14(13-8-6-5-7-9-13)19-20(12)11-10-17-15(21)22-16(2,3)4;1-9-13-11(14-15(9)8-7-12)10-5-3-2-4-6-10;/h5-9H,10-11H2,1-4H3,(H,17,21);2-6H,7-8,12H2,1H3;1H.